The highest BCUT2D eigenvalue weighted by Crippen LogP contribution is 2.25. The lowest BCUT2D eigenvalue weighted by molar-refractivity contribution is 0.582. The van der Waals surface area contributed by atoms with E-state index in [-0.39, 0.29) is 5.41 Å². The maximum absolute atomic E-state index is 4.55. The molecule has 0 aliphatic rings. The van der Waals surface area contributed by atoms with Crippen LogP contribution >= 0.6 is 0 Å². The summed E-state index contributed by atoms with van der Waals surface area (Å²) >= 11 is 0. The van der Waals surface area contributed by atoms with Crippen LogP contribution in [-0.4, -0.2) is 12.0 Å². The van der Waals surface area contributed by atoms with Crippen LogP contribution in [0.4, 0.5) is 0 Å². The minimum atomic E-state index is 0.149. The van der Waals surface area contributed by atoms with Crippen molar-refractivity contribution in [3.63, 3.8) is 0 Å². The second-order valence-electron chi connectivity index (χ2n) is 4.81. The molecule has 1 aromatic rings. The maximum atomic E-state index is 4.55. The van der Waals surface area contributed by atoms with E-state index in [1.54, 1.807) is 0 Å². The molecule has 1 aromatic heterocycles. The molecule has 1 rings (SSSR count). The Bertz CT molecular complexity index is 373. The summed E-state index contributed by atoms with van der Waals surface area (Å²) in [7, 11) is 1.86. The summed E-state index contributed by atoms with van der Waals surface area (Å²) in [4.78, 5) is 4.55. The van der Waals surface area contributed by atoms with Crippen LogP contribution in [0.5, 0.6) is 0 Å². The fourth-order valence-corrected chi connectivity index (χ4v) is 1.65. The summed E-state index contributed by atoms with van der Waals surface area (Å²) in [5.41, 5.74) is 4.30. The number of aryl methyl sites for hydroxylation is 1. The molecule has 82 valence electrons. The van der Waals surface area contributed by atoms with Gasteiger partial charge in [0.05, 0.1) is 11.4 Å². The first-order valence-electron chi connectivity index (χ1n) is 5.21. The van der Waals surface area contributed by atoms with Crippen molar-refractivity contribution in [2.75, 3.05) is 7.05 Å². The molecule has 0 aliphatic heterocycles. The van der Waals surface area contributed by atoms with Crippen molar-refractivity contribution in [2.24, 2.45) is 0 Å². The minimum Gasteiger partial charge on any atom is -0.387 e. The summed E-state index contributed by atoms with van der Waals surface area (Å²) < 4.78 is 0. The van der Waals surface area contributed by atoms with Gasteiger partial charge in [-0.1, -0.05) is 33.4 Å². The second kappa shape index (κ2) is 4.05. The van der Waals surface area contributed by atoms with Crippen LogP contribution in [-0.2, 0) is 5.41 Å². The first kappa shape index (κ1) is 11.8. The van der Waals surface area contributed by atoms with Crippen LogP contribution < -0.4 is 5.32 Å². The Morgan fingerprint density at radius 2 is 1.93 bits per heavy atom. The van der Waals surface area contributed by atoms with E-state index >= 15 is 0 Å². The van der Waals surface area contributed by atoms with Gasteiger partial charge in [0.25, 0.3) is 0 Å². The van der Waals surface area contributed by atoms with Gasteiger partial charge in [0, 0.05) is 12.7 Å². The normalized spacial score (nSPS) is 11.3. The van der Waals surface area contributed by atoms with Crippen LogP contribution in [0.1, 0.15) is 37.7 Å². The van der Waals surface area contributed by atoms with Gasteiger partial charge >= 0.3 is 0 Å². The summed E-state index contributed by atoms with van der Waals surface area (Å²) in [6.07, 6.45) is 0. The monoisotopic (exact) mass is 204 g/mol. The van der Waals surface area contributed by atoms with Gasteiger partial charge in [-0.3, -0.25) is 4.98 Å². The van der Waals surface area contributed by atoms with Crippen LogP contribution in [0, 0.1) is 6.92 Å². The molecule has 2 heteroatoms. The molecule has 0 radical (unpaired) electrons. The predicted octanol–water partition coefficient (Wildman–Crippen LogP) is 2.88. The molecule has 0 aliphatic carbocycles. The Morgan fingerprint density at radius 3 is 2.33 bits per heavy atom. The van der Waals surface area contributed by atoms with Gasteiger partial charge in [-0.2, -0.15) is 0 Å². The van der Waals surface area contributed by atoms with Gasteiger partial charge in [-0.05, 0) is 24.0 Å². The Labute approximate surface area is 92.4 Å². The predicted molar refractivity (Wildman–Crippen MR) is 65.8 cm³/mol. The number of hydrogen-bond donors (Lipinski definition) is 1. The van der Waals surface area contributed by atoms with E-state index in [0.29, 0.717) is 0 Å². The van der Waals surface area contributed by atoms with Crippen LogP contribution in [0.25, 0.3) is 5.70 Å². The van der Waals surface area contributed by atoms with E-state index in [2.05, 4.69) is 43.7 Å². The number of nitrogens with zero attached hydrogens (tertiary/aromatic N) is 1. The van der Waals surface area contributed by atoms with Gasteiger partial charge in [0.1, 0.15) is 0 Å². The molecule has 0 fully saturated rings. The van der Waals surface area contributed by atoms with Crippen molar-refractivity contribution in [1.29, 1.82) is 0 Å². The highest BCUT2D eigenvalue weighted by atomic mass is 14.9. The second-order valence-corrected chi connectivity index (χ2v) is 4.81. The summed E-state index contributed by atoms with van der Waals surface area (Å²) in [5.74, 6) is 0. The topological polar surface area (TPSA) is 24.9 Å². The Balaban J connectivity index is 3.15. The molecule has 0 saturated carbocycles. The summed E-state index contributed by atoms with van der Waals surface area (Å²) in [6, 6.07) is 4.16. The number of pyridine rings is 1. The van der Waals surface area contributed by atoms with E-state index < -0.39 is 0 Å². The highest BCUT2D eigenvalue weighted by Gasteiger charge is 2.17. The molecule has 0 bridgehead atoms. The number of nitrogens with one attached hydrogen (secondary N) is 1. The third kappa shape index (κ3) is 2.58. The minimum absolute atomic E-state index is 0.149. The van der Waals surface area contributed by atoms with Crippen LogP contribution in [0.2, 0.25) is 0 Å². The molecule has 2 nitrogen and oxygen atoms in total. The van der Waals surface area contributed by atoms with Gasteiger partial charge in [0.2, 0.25) is 0 Å². The summed E-state index contributed by atoms with van der Waals surface area (Å²) in [6.45, 7) is 12.5. The maximum Gasteiger partial charge on any atom is 0.0858 e. The summed E-state index contributed by atoms with van der Waals surface area (Å²) in [5, 5.41) is 3.01. The van der Waals surface area contributed by atoms with E-state index in [9.17, 15) is 0 Å². The smallest absolute Gasteiger partial charge is 0.0858 e. The fourth-order valence-electron chi connectivity index (χ4n) is 1.65. The van der Waals surface area contributed by atoms with Crippen LogP contribution in [0.3, 0.4) is 0 Å². The van der Waals surface area contributed by atoms with Crippen molar-refractivity contribution < 1.29 is 0 Å². The van der Waals surface area contributed by atoms with E-state index in [0.717, 1.165) is 17.1 Å². The van der Waals surface area contributed by atoms with Crippen LogP contribution in [0.15, 0.2) is 18.7 Å². The first-order valence-corrected chi connectivity index (χ1v) is 5.21. The third-order valence-electron chi connectivity index (χ3n) is 2.50. The zero-order valence-corrected chi connectivity index (χ0v) is 10.3. The molecule has 1 heterocycles. The zero-order chi connectivity index (χ0) is 11.6. The zero-order valence-electron chi connectivity index (χ0n) is 10.3. The fraction of sp³-hybridized carbons (Fsp3) is 0.462. The Kier molecular flexibility index (Phi) is 3.18. The van der Waals surface area contributed by atoms with Crippen molar-refractivity contribution in [1.82, 2.24) is 10.3 Å². The molecule has 0 amide bonds. The lowest BCUT2D eigenvalue weighted by Gasteiger charge is -2.21. The average Bonchev–Trinajstić information content (AvgIpc) is 2.14. The first-order chi connectivity index (χ1) is 6.86. The number of aromatic nitrogens is 1. The number of rotatable bonds is 2. The highest BCUT2D eigenvalue weighted by molar-refractivity contribution is 5.58. The molecule has 0 unspecified atom stereocenters. The molecule has 0 aromatic carbocycles. The molecule has 0 atom stereocenters. The van der Waals surface area contributed by atoms with Gasteiger partial charge in [-0.25, -0.2) is 0 Å². The molecule has 0 saturated heterocycles. The third-order valence-corrected chi connectivity index (χ3v) is 2.50. The van der Waals surface area contributed by atoms with E-state index in [1.165, 1.54) is 5.56 Å². The molecule has 0 spiro atoms. The largest absolute Gasteiger partial charge is 0.387 e. The van der Waals surface area contributed by atoms with Crippen molar-refractivity contribution in [3.8, 4) is 0 Å². The lowest BCUT2D eigenvalue weighted by atomic mass is 9.86. The quantitative estimate of drug-likeness (QED) is 0.801. The standard InChI is InChI=1S/C13H20N2/c1-9-11(13(3,4)5)7-8-12(15-9)10(2)14-6/h7-8,14H,2H2,1,3-6H3. The molecule has 1 N–H and O–H groups in total. The van der Waals surface area contributed by atoms with Gasteiger partial charge in [-0.15, -0.1) is 0 Å². The average molecular weight is 204 g/mol. The Hall–Kier alpha value is -1.31. The number of hydrogen-bond acceptors (Lipinski definition) is 2. The lowest BCUT2D eigenvalue weighted by Crippen LogP contribution is -2.15. The van der Waals surface area contributed by atoms with Crippen molar-refractivity contribution in [3.05, 3.63) is 35.7 Å². The van der Waals surface area contributed by atoms with E-state index in [1.807, 2.05) is 20.0 Å². The van der Waals surface area contributed by atoms with Crippen molar-refractivity contribution >= 4 is 5.70 Å². The molecule has 15 heavy (non-hydrogen) atoms. The SMILES string of the molecule is C=C(NC)c1ccc(C(C)(C)C)c(C)n1. The van der Waals surface area contributed by atoms with Gasteiger partial charge in [0.15, 0.2) is 0 Å². The Morgan fingerprint density at radius 1 is 1.33 bits per heavy atom. The molecular formula is C13H20N2. The molecular weight excluding hydrogens is 184 g/mol. The van der Waals surface area contributed by atoms with Gasteiger partial charge < -0.3 is 5.32 Å². The van der Waals surface area contributed by atoms with Crippen molar-refractivity contribution in [2.45, 2.75) is 33.1 Å². The van der Waals surface area contributed by atoms with E-state index in [4.69, 9.17) is 0 Å².